The third kappa shape index (κ3) is 12.6. The summed E-state index contributed by atoms with van der Waals surface area (Å²) in [5, 5.41) is 10.3. The maximum absolute atomic E-state index is 11.5. The summed E-state index contributed by atoms with van der Waals surface area (Å²) in [5.41, 5.74) is 0. The van der Waals surface area contributed by atoms with Crippen LogP contribution in [0.25, 0.3) is 0 Å². The Morgan fingerprint density at radius 2 is 1.12 bits per heavy atom. The first kappa shape index (κ1) is 23.2. The van der Waals surface area contributed by atoms with Crippen LogP contribution in [0.3, 0.4) is 0 Å². The maximum Gasteiger partial charge on any atom is 0.331 e. The third-order valence-electron chi connectivity index (χ3n) is 2.74. The fourth-order valence-corrected chi connectivity index (χ4v) is 1.60. The average molecular weight is 372 g/mol. The van der Waals surface area contributed by atoms with Crippen molar-refractivity contribution >= 4 is 24.0 Å². The van der Waals surface area contributed by atoms with E-state index < -0.39 is 11.9 Å². The van der Waals surface area contributed by atoms with Gasteiger partial charge in [0, 0.05) is 25.2 Å². The molecule has 10 nitrogen and oxygen atoms in total. The fourth-order valence-electron chi connectivity index (χ4n) is 1.60. The zero-order chi connectivity index (χ0) is 19.9. The van der Waals surface area contributed by atoms with Gasteiger partial charge in [0.25, 0.3) is 0 Å². The van der Waals surface area contributed by atoms with E-state index in [0.29, 0.717) is 13.1 Å². The van der Waals surface area contributed by atoms with Crippen molar-refractivity contribution in [3.8, 4) is 0 Å². The van der Waals surface area contributed by atoms with Gasteiger partial charge >= 0.3 is 24.0 Å². The van der Waals surface area contributed by atoms with Crippen LogP contribution >= 0.6 is 0 Å². The Bertz CT molecular complexity index is 465. The van der Waals surface area contributed by atoms with Gasteiger partial charge in [-0.3, -0.25) is 0 Å². The van der Waals surface area contributed by atoms with Crippen LogP contribution < -0.4 is 21.3 Å². The Kier molecular flexibility index (Phi) is 12.1. The molecule has 0 heterocycles. The molecule has 0 unspecified atom stereocenters. The van der Waals surface area contributed by atoms with Gasteiger partial charge in [0.05, 0.1) is 12.1 Å². The summed E-state index contributed by atoms with van der Waals surface area (Å²) in [4.78, 5) is 45.6. The number of ether oxygens (including phenoxy) is 2. The number of rotatable bonds is 10. The Hall–Kier alpha value is -2.78. The first-order valence-corrected chi connectivity index (χ1v) is 8.38. The molecule has 4 N–H and O–H groups in total. The lowest BCUT2D eigenvalue weighted by molar-refractivity contribution is -0.141. The molecule has 0 fully saturated rings. The molecule has 0 radical (unpaired) electrons. The second-order valence-corrected chi connectivity index (χ2v) is 5.40. The predicted molar refractivity (Wildman–Crippen MR) is 94.4 cm³/mol. The molecule has 0 aromatic heterocycles. The fraction of sp³-hybridized carbons (Fsp3) is 0.625. The first-order chi connectivity index (χ1) is 12.3. The minimum Gasteiger partial charge on any atom is -0.460 e. The van der Waals surface area contributed by atoms with Crippen LogP contribution in [-0.4, -0.2) is 62.4 Å². The van der Waals surface area contributed by atoms with Crippen molar-refractivity contribution < 1.29 is 28.7 Å². The van der Waals surface area contributed by atoms with Crippen LogP contribution in [0.1, 0.15) is 27.7 Å². The van der Waals surface area contributed by atoms with Gasteiger partial charge in [-0.1, -0.05) is 0 Å². The van der Waals surface area contributed by atoms with E-state index in [9.17, 15) is 19.2 Å². The van der Waals surface area contributed by atoms with Crippen LogP contribution in [0.5, 0.6) is 0 Å². The van der Waals surface area contributed by atoms with E-state index in [-0.39, 0.29) is 37.4 Å². The second-order valence-electron chi connectivity index (χ2n) is 5.40. The first-order valence-electron chi connectivity index (χ1n) is 8.38. The molecule has 0 aliphatic heterocycles. The molecule has 0 rings (SSSR count). The molecule has 0 bridgehead atoms. The Balaban J connectivity index is 4.02. The van der Waals surface area contributed by atoms with E-state index in [1.807, 2.05) is 0 Å². The highest BCUT2D eigenvalue weighted by Crippen LogP contribution is 1.91. The van der Waals surface area contributed by atoms with Crippen LogP contribution in [0, 0.1) is 0 Å². The molecule has 2 atom stereocenters. The van der Waals surface area contributed by atoms with Crippen molar-refractivity contribution in [1.29, 1.82) is 0 Å². The van der Waals surface area contributed by atoms with Gasteiger partial charge in [-0.05, 0) is 27.7 Å². The van der Waals surface area contributed by atoms with E-state index in [1.165, 1.54) is 0 Å². The lowest BCUT2D eigenvalue weighted by Gasteiger charge is -2.14. The number of urea groups is 2. The van der Waals surface area contributed by atoms with E-state index in [4.69, 9.17) is 9.47 Å². The van der Waals surface area contributed by atoms with E-state index in [1.54, 1.807) is 27.7 Å². The van der Waals surface area contributed by atoms with Gasteiger partial charge in [-0.25, -0.2) is 19.2 Å². The van der Waals surface area contributed by atoms with E-state index >= 15 is 0 Å². The molecule has 148 valence electrons. The summed E-state index contributed by atoms with van der Waals surface area (Å²) in [5.74, 6) is -1.47. The van der Waals surface area contributed by atoms with Crippen LogP contribution in [0.2, 0.25) is 0 Å². The highest BCUT2D eigenvalue weighted by Gasteiger charge is 2.10. The molecule has 4 amide bonds. The van der Waals surface area contributed by atoms with Crippen molar-refractivity contribution in [3.63, 3.8) is 0 Å². The minimum atomic E-state index is -0.736. The predicted octanol–water partition coefficient (Wildman–Crippen LogP) is 0.0442. The highest BCUT2D eigenvalue weighted by molar-refractivity contribution is 5.91. The van der Waals surface area contributed by atoms with Gasteiger partial charge in [-0.15, -0.1) is 0 Å². The number of hydrogen-bond acceptors (Lipinski definition) is 6. The monoisotopic (exact) mass is 372 g/mol. The van der Waals surface area contributed by atoms with E-state index in [0.717, 1.165) is 12.2 Å². The number of carbonyl (C=O) groups is 4. The van der Waals surface area contributed by atoms with Gasteiger partial charge in [-0.2, -0.15) is 0 Å². The smallest absolute Gasteiger partial charge is 0.331 e. The lowest BCUT2D eigenvalue weighted by Crippen LogP contribution is -2.43. The molecular formula is C16H28N4O6. The molecule has 0 spiro atoms. The third-order valence-corrected chi connectivity index (χ3v) is 2.74. The van der Waals surface area contributed by atoms with Crippen LogP contribution in [0.4, 0.5) is 9.59 Å². The highest BCUT2D eigenvalue weighted by atomic mass is 16.5. The molecule has 0 saturated carbocycles. The summed E-state index contributed by atoms with van der Waals surface area (Å²) in [7, 11) is 0. The van der Waals surface area contributed by atoms with Gasteiger partial charge in [0.1, 0.15) is 13.2 Å². The molecule has 0 saturated heterocycles. The number of carbonyl (C=O) groups excluding carboxylic acids is 4. The zero-order valence-corrected chi connectivity index (χ0v) is 15.6. The molecule has 0 aromatic rings. The second kappa shape index (κ2) is 13.5. The summed E-state index contributed by atoms with van der Waals surface area (Å²) in [6, 6.07) is -1.48. The standard InChI is InChI=1S/C16H28N4O6/c1-5-17-15(23)19-11(3)9-25-13(21)7-8-14(22)26-10-12(4)20-16(24)18-6-2/h7-8,11-12H,5-6,9-10H2,1-4H3,(H2,17,19,23)(H2,18,20,24)/b8-7+/t11-,12-/m1/s1. The number of nitrogens with one attached hydrogen (secondary N) is 4. The topological polar surface area (TPSA) is 135 Å². The summed E-state index contributed by atoms with van der Waals surface area (Å²) in [6.07, 6.45) is 1.87. The van der Waals surface area contributed by atoms with E-state index in [2.05, 4.69) is 21.3 Å². The Morgan fingerprint density at radius 1 is 0.769 bits per heavy atom. The van der Waals surface area contributed by atoms with Crippen molar-refractivity contribution in [2.45, 2.75) is 39.8 Å². The van der Waals surface area contributed by atoms with Crippen molar-refractivity contribution in [3.05, 3.63) is 12.2 Å². The number of esters is 2. The largest absolute Gasteiger partial charge is 0.460 e. The molecule has 0 aromatic carbocycles. The minimum absolute atomic E-state index is 0.0388. The SMILES string of the molecule is CCNC(=O)N[C@H](C)COC(=O)/C=C/C(=O)OC[C@@H](C)NC(=O)NCC. The molecule has 10 heteroatoms. The number of amides is 4. The van der Waals surface area contributed by atoms with Crippen LogP contribution in [-0.2, 0) is 19.1 Å². The summed E-state index contributed by atoms with van der Waals surface area (Å²) < 4.78 is 9.79. The Morgan fingerprint density at radius 3 is 1.42 bits per heavy atom. The zero-order valence-electron chi connectivity index (χ0n) is 15.6. The van der Waals surface area contributed by atoms with Crippen molar-refractivity contribution in [2.75, 3.05) is 26.3 Å². The molecule has 0 aliphatic rings. The Labute approximate surface area is 153 Å². The molecule has 0 aliphatic carbocycles. The van der Waals surface area contributed by atoms with Gasteiger partial charge in [0.2, 0.25) is 0 Å². The van der Waals surface area contributed by atoms with Crippen molar-refractivity contribution in [1.82, 2.24) is 21.3 Å². The molecule has 26 heavy (non-hydrogen) atoms. The number of hydrogen-bond donors (Lipinski definition) is 4. The lowest BCUT2D eigenvalue weighted by atomic mass is 10.3. The van der Waals surface area contributed by atoms with Crippen molar-refractivity contribution in [2.24, 2.45) is 0 Å². The normalized spacial score (nSPS) is 12.6. The average Bonchev–Trinajstić information content (AvgIpc) is 2.56. The summed E-state index contributed by atoms with van der Waals surface area (Å²) in [6.45, 7) is 7.80. The van der Waals surface area contributed by atoms with Gasteiger partial charge in [0.15, 0.2) is 0 Å². The van der Waals surface area contributed by atoms with Gasteiger partial charge < -0.3 is 30.7 Å². The van der Waals surface area contributed by atoms with Crippen LogP contribution in [0.15, 0.2) is 12.2 Å². The molecular weight excluding hydrogens is 344 g/mol. The quantitative estimate of drug-likeness (QED) is 0.316. The summed E-state index contributed by atoms with van der Waals surface area (Å²) >= 11 is 0. The maximum atomic E-state index is 11.5.